The van der Waals surface area contributed by atoms with Crippen molar-refractivity contribution in [3.05, 3.63) is 29.8 Å². The fourth-order valence-corrected chi connectivity index (χ4v) is 1.64. The number of hydrogen-bond donors (Lipinski definition) is 0. The van der Waals surface area contributed by atoms with E-state index in [4.69, 9.17) is 0 Å². The van der Waals surface area contributed by atoms with Gasteiger partial charge >= 0.3 is 0 Å². The Balaban J connectivity index is 2.28. The number of nitrogens with zero attached hydrogens (tertiary/aromatic N) is 1. The Morgan fingerprint density at radius 3 is 3.00 bits per heavy atom. The first-order chi connectivity index (χ1) is 6.27. The molecule has 0 bridgehead atoms. The Hall–Kier alpha value is -1.44. The van der Waals surface area contributed by atoms with Crippen molar-refractivity contribution in [3.8, 4) is 0 Å². The molecule has 66 valence electrons. The average molecular weight is 173 g/mol. The fraction of sp³-hybridized carbons (Fsp3) is 0.273. The predicted molar refractivity (Wildman–Crippen MR) is 52.6 cm³/mol. The molecule has 2 rings (SSSR count). The molecule has 0 spiro atoms. The standard InChI is InChI=1S/C11H11NO/c1-8(13)6-9-7-12-11-5-3-2-4-10(9)11/h2-5,7,9H,6H2,1H3. The highest BCUT2D eigenvalue weighted by Crippen LogP contribution is 2.33. The molecule has 1 aliphatic heterocycles. The monoisotopic (exact) mass is 173 g/mol. The molecular formula is C11H11NO. The molecule has 1 atom stereocenters. The minimum atomic E-state index is 0.202. The van der Waals surface area contributed by atoms with Crippen LogP contribution < -0.4 is 0 Å². The number of carbonyl (C=O) groups excluding carboxylic acids is 1. The van der Waals surface area contributed by atoms with Gasteiger partial charge in [-0.05, 0) is 18.6 Å². The van der Waals surface area contributed by atoms with Gasteiger partial charge in [0.15, 0.2) is 0 Å². The zero-order valence-electron chi connectivity index (χ0n) is 7.53. The normalized spacial score (nSPS) is 18.7. The molecule has 0 N–H and O–H groups in total. The molecule has 1 unspecified atom stereocenters. The number of Topliss-reactive ketones (excluding diaryl/α,β-unsaturated/α-hetero) is 1. The third kappa shape index (κ3) is 1.52. The van der Waals surface area contributed by atoms with Crippen molar-refractivity contribution >= 4 is 17.7 Å². The van der Waals surface area contributed by atoms with E-state index in [0.717, 1.165) is 5.69 Å². The predicted octanol–water partition coefficient (Wildman–Crippen LogP) is 2.47. The third-order valence-corrected chi connectivity index (χ3v) is 2.24. The molecule has 2 nitrogen and oxygen atoms in total. The molecule has 0 saturated carbocycles. The highest BCUT2D eigenvalue weighted by Gasteiger charge is 2.18. The smallest absolute Gasteiger partial charge is 0.130 e. The van der Waals surface area contributed by atoms with Crippen molar-refractivity contribution in [3.63, 3.8) is 0 Å². The summed E-state index contributed by atoms with van der Waals surface area (Å²) in [4.78, 5) is 15.2. The van der Waals surface area contributed by atoms with Gasteiger partial charge in [-0.15, -0.1) is 0 Å². The van der Waals surface area contributed by atoms with Crippen LogP contribution in [0.5, 0.6) is 0 Å². The van der Waals surface area contributed by atoms with Gasteiger partial charge in [0, 0.05) is 18.6 Å². The summed E-state index contributed by atoms with van der Waals surface area (Å²) in [5, 5.41) is 0. The Labute approximate surface area is 77.3 Å². The van der Waals surface area contributed by atoms with Crippen molar-refractivity contribution in [1.29, 1.82) is 0 Å². The van der Waals surface area contributed by atoms with Crippen LogP contribution in [0.15, 0.2) is 29.3 Å². The largest absolute Gasteiger partial charge is 0.300 e. The fourth-order valence-electron chi connectivity index (χ4n) is 1.64. The van der Waals surface area contributed by atoms with Crippen LogP contribution in [0.2, 0.25) is 0 Å². The number of hydrogen-bond acceptors (Lipinski definition) is 2. The molecule has 1 aromatic carbocycles. The Morgan fingerprint density at radius 2 is 2.23 bits per heavy atom. The second-order valence-corrected chi connectivity index (χ2v) is 3.35. The number of carbonyl (C=O) groups is 1. The quantitative estimate of drug-likeness (QED) is 0.675. The SMILES string of the molecule is CC(=O)CC1C=Nc2ccccc21. The van der Waals surface area contributed by atoms with Gasteiger partial charge < -0.3 is 0 Å². The van der Waals surface area contributed by atoms with E-state index in [1.807, 2.05) is 30.5 Å². The lowest BCUT2D eigenvalue weighted by Crippen LogP contribution is -2.02. The molecule has 13 heavy (non-hydrogen) atoms. The Bertz CT molecular complexity index is 368. The van der Waals surface area contributed by atoms with Crippen LogP contribution >= 0.6 is 0 Å². The molecule has 0 amide bonds. The lowest BCUT2D eigenvalue weighted by Gasteiger charge is -2.05. The first-order valence-electron chi connectivity index (χ1n) is 4.40. The number of para-hydroxylation sites is 1. The second-order valence-electron chi connectivity index (χ2n) is 3.35. The van der Waals surface area contributed by atoms with Crippen LogP contribution in [-0.2, 0) is 4.79 Å². The number of aliphatic imine (C=N–C) groups is 1. The summed E-state index contributed by atoms with van der Waals surface area (Å²) >= 11 is 0. The summed E-state index contributed by atoms with van der Waals surface area (Å²) in [5.41, 5.74) is 2.19. The first-order valence-corrected chi connectivity index (χ1v) is 4.40. The van der Waals surface area contributed by atoms with E-state index in [0.29, 0.717) is 6.42 Å². The van der Waals surface area contributed by atoms with E-state index in [2.05, 4.69) is 4.99 Å². The van der Waals surface area contributed by atoms with Crippen molar-refractivity contribution in [1.82, 2.24) is 0 Å². The van der Waals surface area contributed by atoms with Crippen molar-refractivity contribution < 1.29 is 4.79 Å². The van der Waals surface area contributed by atoms with Crippen LogP contribution in [0.4, 0.5) is 5.69 Å². The summed E-state index contributed by atoms with van der Waals surface area (Å²) in [7, 11) is 0. The van der Waals surface area contributed by atoms with Crippen molar-refractivity contribution in [2.24, 2.45) is 4.99 Å². The third-order valence-electron chi connectivity index (χ3n) is 2.24. The minimum absolute atomic E-state index is 0.202. The molecule has 0 aliphatic carbocycles. The van der Waals surface area contributed by atoms with Crippen molar-refractivity contribution in [2.45, 2.75) is 19.3 Å². The van der Waals surface area contributed by atoms with Gasteiger partial charge in [-0.2, -0.15) is 0 Å². The van der Waals surface area contributed by atoms with Gasteiger partial charge in [-0.25, -0.2) is 0 Å². The molecule has 0 fully saturated rings. The van der Waals surface area contributed by atoms with Crippen LogP contribution in [0, 0.1) is 0 Å². The van der Waals surface area contributed by atoms with Crippen molar-refractivity contribution in [2.75, 3.05) is 0 Å². The maximum absolute atomic E-state index is 10.9. The highest BCUT2D eigenvalue weighted by molar-refractivity contribution is 5.87. The Morgan fingerprint density at radius 1 is 1.46 bits per heavy atom. The summed E-state index contributed by atoms with van der Waals surface area (Å²) in [6, 6.07) is 7.97. The summed E-state index contributed by atoms with van der Waals surface area (Å²) in [5.74, 6) is 0.418. The van der Waals surface area contributed by atoms with E-state index in [1.54, 1.807) is 6.92 Å². The van der Waals surface area contributed by atoms with E-state index >= 15 is 0 Å². The maximum Gasteiger partial charge on any atom is 0.130 e. The summed E-state index contributed by atoms with van der Waals surface area (Å²) in [6.07, 6.45) is 2.44. The molecule has 1 heterocycles. The number of fused-ring (bicyclic) bond motifs is 1. The van der Waals surface area contributed by atoms with Crippen LogP contribution in [0.1, 0.15) is 24.8 Å². The van der Waals surface area contributed by atoms with Crippen LogP contribution in [0.3, 0.4) is 0 Å². The lowest BCUT2D eigenvalue weighted by atomic mass is 9.96. The van der Waals surface area contributed by atoms with E-state index in [9.17, 15) is 4.79 Å². The van der Waals surface area contributed by atoms with Crippen LogP contribution in [-0.4, -0.2) is 12.0 Å². The number of ketones is 1. The number of rotatable bonds is 2. The van der Waals surface area contributed by atoms with Gasteiger partial charge in [0.05, 0.1) is 5.69 Å². The zero-order valence-corrected chi connectivity index (χ0v) is 7.53. The molecule has 2 heteroatoms. The molecule has 0 aromatic heterocycles. The molecular weight excluding hydrogens is 162 g/mol. The topological polar surface area (TPSA) is 29.4 Å². The molecule has 1 aliphatic rings. The molecule has 0 radical (unpaired) electrons. The van der Waals surface area contributed by atoms with Gasteiger partial charge in [0.1, 0.15) is 5.78 Å². The van der Waals surface area contributed by atoms with Gasteiger partial charge in [0.25, 0.3) is 0 Å². The maximum atomic E-state index is 10.9. The zero-order chi connectivity index (χ0) is 9.26. The summed E-state index contributed by atoms with van der Waals surface area (Å²) < 4.78 is 0. The number of benzene rings is 1. The highest BCUT2D eigenvalue weighted by atomic mass is 16.1. The average Bonchev–Trinajstić information content (AvgIpc) is 2.48. The van der Waals surface area contributed by atoms with Gasteiger partial charge in [-0.1, -0.05) is 18.2 Å². The van der Waals surface area contributed by atoms with E-state index in [1.165, 1.54) is 5.56 Å². The molecule has 0 saturated heterocycles. The van der Waals surface area contributed by atoms with E-state index < -0.39 is 0 Å². The van der Waals surface area contributed by atoms with Crippen LogP contribution in [0.25, 0.3) is 0 Å². The van der Waals surface area contributed by atoms with Gasteiger partial charge in [0.2, 0.25) is 0 Å². The first kappa shape index (κ1) is 8.17. The van der Waals surface area contributed by atoms with E-state index in [-0.39, 0.29) is 11.7 Å². The minimum Gasteiger partial charge on any atom is -0.300 e. The molecule has 1 aromatic rings. The second kappa shape index (κ2) is 3.13. The lowest BCUT2D eigenvalue weighted by molar-refractivity contribution is -0.117. The van der Waals surface area contributed by atoms with Gasteiger partial charge in [-0.3, -0.25) is 9.79 Å². The Kier molecular flexibility index (Phi) is 1.97. The summed E-state index contributed by atoms with van der Waals surface area (Å²) in [6.45, 7) is 1.62.